The van der Waals surface area contributed by atoms with Gasteiger partial charge in [0.15, 0.2) is 0 Å². The van der Waals surface area contributed by atoms with Crippen molar-refractivity contribution >= 4 is 23.7 Å². The molecule has 10 nitrogen and oxygen atoms in total. The average molecular weight is 511 g/mol. The molecule has 0 aliphatic carbocycles. The topological polar surface area (TPSA) is 142 Å². The molecule has 2 aromatic rings. The maximum absolute atomic E-state index is 13.4. The van der Waals surface area contributed by atoms with Crippen molar-refractivity contribution in [2.24, 2.45) is 5.73 Å². The maximum Gasteiger partial charge on any atom is 0.325 e. The Balaban J connectivity index is 1.69. The fraction of sp³-hybridized carbons (Fsp3) is 0.407. The van der Waals surface area contributed by atoms with Crippen LogP contribution in [0, 0.1) is 0 Å². The van der Waals surface area contributed by atoms with Crippen molar-refractivity contribution in [3.8, 4) is 5.75 Å². The molecule has 0 unspecified atom stereocenters. The van der Waals surface area contributed by atoms with Gasteiger partial charge in [-0.2, -0.15) is 0 Å². The summed E-state index contributed by atoms with van der Waals surface area (Å²) in [6.45, 7) is 3.67. The molecule has 1 aliphatic rings. The lowest BCUT2D eigenvalue weighted by atomic mass is 10.00. The molecule has 3 rings (SSSR count). The highest BCUT2D eigenvalue weighted by molar-refractivity contribution is 5.94. The van der Waals surface area contributed by atoms with Gasteiger partial charge < -0.3 is 30.7 Å². The van der Waals surface area contributed by atoms with E-state index in [0.717, 1.165) is 11.1 Å². The van der Waals surface area contributed by atoms with Crippen molar-refractivity contribution in [3.05, 3.63) is 65.7 Å². The standard InChI is InChI=1S/C27H34N4O6/c1-3-37-24(33)17-30-13-14-31(23(27(30)36)16-19-7-5-4-6-8-19)26(35)18(2)29-25(34)22(28)15-20-9-11-21(32)12-10-20/h4-12,18,22-23,32H,3,13-17,28H2,1-2H3,(H,29,34)/t18-,22-,23-/m0/s1. The van der Waals surface area contributed by atoms with Gasteiger partial charge in [-0.3, -0.25) is 19.2 Å². The second-order valence-corrected chi connectivity index (χ2v) is 9.01. The summed E-state index contributed by atoms with van der Waals surface area (Å²) >= 11 is 0. The number of hydrogen-bond acceptors (Lipinski definition) is 7. The van der Waals surface area contributed by atoms with Crippen LogP contribution >= 0.6 is 0 Å². The fourth-order valence-corrected chi connectivity index (χ4v) is 4.27. The summed E-state index contributed by atoms with van der Waals surface area (Å²) in [4.78, 5) is 54.4. The maximum atomic E-state index is 13.4. The molecule has 2 aromatic carbocycles. The summed E-state index contributed by atoms with van der Waals surface area (Å²) in [5.41, 5.74) is 7.69. The largest absolute Gasteiger partial charge is 0.508 e. The second-order valence-electron chi connectivity index (χ2n) is 9.01. The van der Waals surface area contributed by atoms with Gasteiger partial charge in [-0.1, -0.05) is 42.5 Å². The van der Waals surface area contributed by atoms with Gasteiger partial charge in [-0.15, -0.1) is 0 Å². The minimum absolute atomic E-state index is 0.114. The Morgan fingerprint density at radius 2 is 1.76 bits per heavy atom. The number of phenolic OH excluding ortho intramolecular Hbond substituents is 1. The van der Waals surface area contributed by atoms with Crippen molar-refractivity contribution in [2.75, 3.05) is 26.2 Å². The van der Waals surface area contributed by atoms with Gasteiger partial charge in [-0.25, -0.2) is 0 Å². The molecule has 3 amide bonds. The first-order chi connectivity index (χ1) is 17.7. The van der Waals surface area contributed by atoms with E-state index in [1.54, 1.807) is 26.0 Å². The Morgan fingerprint density at radius 1 is 1.08 bits per heavy atom. The first-order valence-electron chi connectivity index (χ1n) is 12.3. The Hall–Kier alpha value is -3.92. The molecule has 0 aromatic heterocycles. The molecule has 1 heterocycles. The zero-order valence-corrected chi connectivity index (χ0v) is 21.1. The fourth-order valence-electron chi connectivity index (χ4n) is 4.27. The van der Waals surface area contributed by atoms with Crippen molar-refractivity contribution in [3.63, 3.8) is 0 Å². The lowest BCUT2D eigenvalue weighted by molar-refractivity contribution is -0.157. The molecular weight excluding hydrogens is 476 g/mol. The molecule has 198 valence electrons. The first kappa shape index (κ1) is 27.7. The van der Waals surface area contributed by atoms with E-state index in [1.807, 2.05) is 30.3 Å². The molecule has 0 saturated carbocycles. The normalized spacial score (nSPS) is 17.2. The van der Waals surface area contributed by atoms with Crippen LogP contribution in [-0.2, 0) is 36.8 Å². The smallest absolute Gasteiger partial charge is 0.325 e. The average Bonchev–Trinajstić information content (AvgIpc) is 2.88. The summed E-state index contributed by atoms with van der Waals surface area (Å²) in [6.07, 6.45) is 0.500. The highest BCUT2D eigenvalue weighted by Crippen LogP contribution is 2.18. The number of carbonyl (C=O) groups is 4. The molecule has 4 N–H and O–H groups in total. The number of piperazine rings is 1. The predicted octanol–water partition coefficient (Wildman–Crippen LogP) is 0.612. The van der Waals surface area contributed by atoms with Crippen molar-refractivity contribution in [2.45, 2.75) is 44.8 Å². The van der Waals surface area contributed by atoms with Gasteiger partial charge in [0.2, 0.25) is 17.7 Å². The number of ether oxygens (including phenoxy) is 1. The van der Waals surface area contributed by atoms with E-state index in [9.17, 15) is 24.3 Å². The number of phenols is 1. The minimum Gasteiger partial charge on any atom is -0.508 e. The Kier molecular flexibility index (Phi) is 9.62. The van der Waals surface area contributed by atoms with E-state index >= 15 is 0 Å². The van der Waals surface area contributed by atoms with Gasteiger partial charge in [0, 0.05) is 19.5 Å². The van der Waals surface area contributed by atoms with Gasteiger partial charge in [0.05, 0.1) is 12.6 Å². The van der Waals surface area contributed by atoms with Crippen LogP contribution in [0.2, 0.25) is 0 Å². The third-order valence-electron chi connectivity index (χ3n) is 6.22. The van der Waals surface area contributed by atoms with Crippen LogP contribution in [-0.4, -0.2) is 83.0 Å². The van der Waals surface area contributed by atoms with E-state index in [0.29, 0.717) is 0 Å². The molecule has 10 heteroatoms. The number of aromatic hydroxyl groups is 1. The van der Waals surface area contributed by atoms with Crippen LogP contribution in [0.3, 0.4) is 0 Å². The molecule has 1 aliphatic heterocycles. The van der Waals surface area contributed by atoms with Gasteiger partial charge >= 0.3 is 5.97 Å². The van der Waals surface area contributed by atoms with Gasteiger partial charge in [-0.05, 0) is 43.5 Å². The van der Waals surface area contributed by atoms with Crippen LogP contribution in [0.5, 0.6) is 5.75 Å². The number of carbonyl (C=O) groups excluding carboxylic acids is 4. The van der Waals surface area contributed by atoms with Gasteiger partial charge in [0.1, 0.15) is 24.4 Å². The van der Waals surface area contributed by atoms with Crippen LogP contribution in [0.4, 0.5) is 0 Å². The number of nitrogens with zero attached hydrogens (tertiary/aromatic N) is 2. The lowest BCUT2D eigenvalue weighted by Crippen LogP contribution is -2.63. The highest BCUT2D eigenvalue weighted by atomic mass is 16.5. The molecule has 0 bridgehead atoms. The van der Waals surface area contributed by atoms with Crippen LogP contribution < -0.4 is 11.1 Å². The predicted molar refractivity (Wildman–Crippen MR) is 136 cm³/mol. The number of nitrogens with two attached hydrogens (primary N) is 1. The lowest BCUT2D eigenvalue weighted by Gasteiger charge is -2.41. The van der Waals surface area contributed by atoms with E-state index < -0.39 is 35.9 Å². The van der Waals surface area contributed by atoms with Crippen LogP contribution in [0.1, 0.15) is 25.0 Å². The van der Waals surface area contributed by atoms with Gasteiger partial charge in [0.25, 0.3) is 0 Å². The Labute approximate surface area is 216 Å². The number of esters is 1. The number of benzene rings is 2. The molecular formula is C27H34N4O6. The third kappa shape index (κ3) is 7.53. The van der Waals surface area contributed by atoms with E-state index in [1.165, 1.54) is 21.9 Å². The number of rotatable bonds is 10. The van der Waals surface area contributed by atoms with Crippen molar-refractivity contribution < 1.29 is 29.0 Å². The molecule has 0 radical (unpaired) electrons. The Bertz CT molecular complexity index is 1090. The summed E-state index contributed by atoms with van der Waals surface area (Å²) < 4.78 is 4.99. The molecule has 3 atom stereocenters. The quantitative estimate of drug-likeness (QED) is 0.398. The number of hydrogen-bond donors (Lipinski definition) is 3. The van der Waals surface area contributed by atoms with E-state index in [-0.39, 0.29) is 50.7 Å². The molecule has 1 fully saturated rings. The Morgan fingerprint density at radius 3 is 2.41 bits per heavy atom. The van der Waals surface area contributed by atoms with Crippen molar-refractivity contribution in [1.82, 2.24) is 15.1 Å². The minimum atomic E-state index is -0.916. The zero-order chi connectivity index (χ0) is 26.9. The zero-order valence-electron chi connectivity index (χ0n) is 21.1. The van der Waals surface area contributed by atoms with E-state index in [4.69, 9.17) is 10.5 Å². The summed E-state index contributed by atoms with van der Waals surface area (Å²) in [5.74, 6) is -1.64. The number of nitrogens with one attached hydrogen (secondary N) is 1. The molecule has 37 heavy (non-hydrogen) atoms. The van der Waals surface area contributed by atoms with Crippen molar-refractivity contribution in [1.29, 1.82) is 0 Å². The SMILES string of the molecule is CCOC(=O)CN1CCN(C(=O)[C@H](C)NC(=O)[C@@H](N)Cc2ccc(O)cc2)[C@@H](Cc2ccccc2)C1=O. The summed E-state index contributed by atoms with van der Waals surface area (Å²) in [6, 6.07) is 13.0. The van der Waals surface area contributed by atoms with Crippen LogP contribution in [0.25, 0.3) is 0 Å². The highest BCUT2D eigenvalue weighted by Gasteiger charge is 2.40. The summed E-state index contributed by atoms with van der Waals surface area (Å²) in [7, 11) is 0. The summed E-state index contributed by atoms with van der Waals surface area (Å²) in [5, 5.41) is 12.1. The third-order valence-corrected chi connectivity index (χ3v) is 6.22. The second kappa shape index (κ2) is 12.9. The van der Waals surface area contributed by atoms with E-state index in [2.05, 4.69) is 5.32 Å². The molecule has 0 spiro atoms. The number of amides is 3. The first-order valence-corrected chi connectivity index (χ1v) is 12.3. The molecule has 1 saturated heterocycles. The monoisotopic (exact) mass is 510 g/mol. The van der Waals surface area contributed by atoms with Crippen LogP contribution in [0.15, 0.2) is 54.6 Å².